The van der Waals surface area contributed by atoms with Crippen LogP contribution in [0.25, 0.3) is 0 Å². The summed E-state index contributed by atoms with van der Waals surface area (Å²) in [5.41, 5.74) is 0. The molecule has 58 valence electrons. The second-order valence-corrected chi connectivity index (χ2v) is 3.46. The average molecular weight is 159 g/mol. The van der Waals surface area contributed by atoms with Crippen molar-refractivity contribution in [2.24, 2.45) is 4.99 Å². The minimum absolute atomic E-state index is 0.393. The molecule has 0 atom stereocenters. The molecule has 0 radical (unpaired) electrons. The lowest BCUT2D eigenvalue weighted by Crippen LogP contribution is -2.00. The van der Waals surface area contributed by atoms with E-state index in [1.807, 2.05) is 0 Å². The van der Waals surface area contributed by atoms with Crippen molar-refractivity contribution in [2.75, 3.05) is 13.2 Å². The Morgan fingerprint density at radius 2 is 2.50 bits per heavy atom. The van der Waals surface area contributed by atoms with Crippen LogP contribution in [0.4, 0.5) is 0 Å². The molecule has 0 rings (SSSR count). The lowest BCUT2D eigenvalue weighted by atomic mass is 10.5. The van der Waals surface area contributed by atoms with Crippen LogP contribution in [0.2, 0.25) is 6.04 Å². The molecule has 4 heteroatoms. The highest BCUT2D eigenvalue weighted by atomic mass is 28.2. The monoisotopic (exact) mass is 159 g/mol. The molecule has 0 bridgehead atoms. The first-order chi connectivity index (χ1) is 4.91. The van der Waals surface area contributed by atoms with E-state index in [0.717, 1.165) is 19.1 Å². The van der Waals surface area contributed by atoms with Gasteiger partial charge in [0, 0.05) is 6.61 Å². The van der Waals surface area contributed by atoms with Crippen molar-refractivity contribution < 1.29 is 9.22 Å². The molecule has 0 aromatic rings. The third-order valence-corrected chi connectivity index (χ3v) is 2.15. The Hall–Kier alpha value is -0.443. The van der Waals surface area contributed by atoms with E-state index in [1.165, 1.54) is 6.08 Å². The second-order valence-electron chi connectivity index (χ2n) is 1.94. The summed E-state index contributed by atoms with van der Waals surface area (Å²) in [4.78, 5) is 13.0. The summed E-state index contributed by atoms with van der Waals surface area (Å²) in [6.45, 7) is 3.54. The summed E-state index contributed by atoms with van der Waals surface area (Å²) in [6, 6.07) is 0.954. The summed E-state index contributed by atoms with van der Waals surface area (Å²) in [7, 11) is -0.393. The second kappa shape index (κ2) is 8.56. The molecule has 0 aromatic carbocycles. The van der Waals surface area contributed by atoms with Gasteiger partial charge in [0.2, 0.25) is 6.08 Å². The van der Waals surface area contributed by atoms with Gasteiger partial charge in [0.15, 0.2) is 9.76 Å². The highest BCUT2D eigenvalue weighted by Crippen LogP contribution is 1.83. The quantitative estimate of drug-likeness (QED) is 0.241. The standard InChI is InChI=1S/C6H13NO2Si/c1-2-4-9-10-5-3-7-6-8/h2-5,10H2,1H3. The summed E-state index contributed by atoms with van der Waals surface area (Å²) in [5.74, 6) is 0. The molecular formula is C6H13NO2Si. The van der Waals surface area contributed by atoms with Crippen molar-refractivity contribution in [2.45, 2.75) is 19.4 Å². The smallest absolute Gasteiger partial charge is 0.234 e. The van der Waals surface area contributed by atoms with Crippen molar-refractivity contribution >= 4 is 15.8 Å². The largest absolute Gasteiger partial charge is 0.424 e. The van der Waals surface area contributed by atoms with Gasteiger partial charge in [0.1, 0.15) is 0 Å². The van der Waals surface area contributed by atoms with Crippen LogP contribution in [0.3, 0.4) is 0 Å². The van der Waals surface area contributed by atoms with E-state index < -0.39 is 9.76 Å². The fraction of sp³-hybridized carbons (Fsp3) is 0.833. The maximum absolute atomic E-state index is 9.58. The zero-order valence-corrected chi connectivity index (χ0v) is 7.71. The van der Waals surface area contributed by atoms with E-state index >= 15 is 0 Å². The zero-order valence-electron chi connectivity index (χ0n) is 6.30. The summed E-state index contributed by atoms with van der Waals surface area (Å²) in [6.07, 6.45) is 2.57. The van der Waals surface area contributed by atoms with Crippen molar-refractivity contribution in [3.8, 4) is 0 Å². The number of nitrogens with zero attached hydrogens (tertiary/aromatic N) is 1. The van der Waals surface area contributed by atoms with E-state index in [1.54, 1.807) is 0 Å². The minimum Gasteiger partial charge on any atom is -0.424 e. The van der Waals surface area contributed by atoms with Gasteiger partial charge in [-0.3, -0.25) is 0 Å². The van der Waals surface area contributed by atoms with Gasteiger partial charge in [0.05, 0.1) is 6.54 Å². The normalized spacial score (nSPS) is 10.1. The molecular weight excluding hydrogens is 146 g/mol. The first kappa shape index (κ1) is 9.56. The Kier molecular flexibility index (Phi) is 8.18. The predicted molar refractivity (Wildman–Crippen MR) is 42.6 cm³/mol. The molecule has 0 aromatic heterocycles. The summed E-state index contributed by atoms with van der Waals surface area (Å²) < 4.78 is 5.28. The van der Waals surface area contributed by atoms with Gasteiger partial charge >= 0.3 is 0 Å². The van der Waals surface area contributed by atoms with Crippen LogP contribution in [0.1, 0.15) is 13.3 Å². The Morgan fingerprint density at radius 3 is 3.10 bits per heavy atom. The van der Waals surface area contributed by atoms with Crippen LogP contribution >= 0.6 is 0 Å². The fourth-order valence-corrected chi connectivity index (χ4v) is 1.52. The maximum atomic E-state index is 9.58. The lowest BCUT2D eigenvalue weighted by Gasteiger charge is -1.97. The zero-order chi connectivity index (χ0) is 7.66. The number of rotatable bonds is 6. The molecule has 0 fully saturated rings. The molecule has 0 aliphatic carbocycles. The number of hydrogen-bond acceptors (Lipinski definition) is 3. The Morgan fingerprint density at radius 1 is 1.70 bits per heavy atom. The first-order valence-corrected chi connectivity index (χ1v) is 5.11. The molecule has 10 heavy (non-hydrogen) atoms. The third-order valence-electron chi connectivity index (χ3n) is 0.972. The number of isocyanates is 1. The van der Waals surface area contributed by atoms with Crippen molar-refractivity contribution in [3.05, 3.63) is 0 Å². The molecule has 3 nitrogen and oxygen atoms in total. The van der Waals surface area contributed by atoms with Gasteiger partial charge < -0.3 is 4.43 Å². The number of aliphatic imine (C=N–C) groups is 1. The van der Waals surface area contributed by atoms with Gasteiger partial charge in [-0.25, -0.2) is 9.79 Å². The average Bonchev–Trinajstić information content (AvgIpc) is 1.97. The minimum atomic E-state index is -0.393. The van der Waals surface area contributed by atoms with E-state index in [-0.39, 0.29) is 0 Å². The Labute approximate surface area is 63.4 Å². The summed E-state index contributed by atoms with van der Waals surface area (Å²) in [5, 5.41) is 0. The molecule has 0 amide bonds. The summed E-state index contributed by atoms with van der Waals surface area (Å²) >= 11 is 0. The van der Waals surface area contributed by atoms with Crippen molar-refractivity contribution in [1.29, 1.82) is 0 Å². The van der Waals surface area contributed by atoms with Crippen LogP contribution in [0.15, 0.2) is 4.99 Å². The van der Waals surface area contributed by atoms with E-state index in [9.17, 15) is 4.79 Å². The van der Waals surface area contributed by atoms with Gasteiger partial charge in [-0.1, -0.05) is 6.92 Å². The van der Waals surface area contributed by atoms with Gasteiger partial charge in [-0.2, -0.15) is 0 Å². The van der Waals surface area contributed by atoms with Crippen LogP contribution in [-0.4, -0.2) is 29.0 Å². The number of carbonyl (C=O) groups excluding carboxylic acids is 1. The van der Waals surface area contributed by atoms with E-state index in [0.29, 0.717) is 6.54 Å². The van der Waals surface area contributed by atoms with E-state index in [4.69, 9.17) is 4.43 Å². The fourth-order valence-electron chi connectivity index (χ4n) is 0.538. The SMILES string of the molecule is CCCO[SiH2]CCN=C=O. The molecule has 0 saturated carbocycles. The molecule has 0 saturated heterocycles. The van der Waals surface area contributed by atoms with Crippen LogP contribution in [0.5, 0.6) is 0 Å². The van der Waals surface area contributed by atoms with Crippen molar-refractivity contribution in [3.63, 3.8) is 0 Å². The number of hydrogen-bond donors (Lipinski definition) is 0. The Bertz CT molecular complexity index is 112. The van der Waals surface area contributed by atoms with Crippen LogP contribution in [0, 0.1) is 0 Å². The van der Waals surface area contributed by atoms with Gasteiger partial charge in [0.25, 0.3) is 0 Å². The highest BCUT2D eigenvalue weighted by molar-refractivity contribution is 6.27. The molecule has 0 aliphatic rings. The first-order valence-electron chi connectivity index (χ1n) is 3.53. The van der Waals surface area contributed by atoms with Gasteiger partial charge in [-0.15, -0.1) is 0 Å². The third kappa shape index (κ3) is 7.56. The van der Waals surface area contributed by atoms with Crippen LogP contribution in [-0.2, 0) is 9.22 Å². The molecule has 0 heterocycles. The Balaban J connectivity index is 2.83. The molecule has 0 aliphatic heterocycles. The predicted octanol–water partition coefficient (Wildman–Crippen LogP) is 0.251. The highest BCUT2D eigenvalue weighted by Gasteiger charge is 1.86. The molecule has 0 N–H and O–H groups in total. The topological polar surface area (TPSA) is 38.7 Å². The van der Waals surface area contributed by atoms with Crippen LogP contribution < -0.4 is 0 Å². The lowest BCUT2D eigenvalue weighted by molar-refractivity contribution is 0.335. The van der Waals surface area contributed by atoms with Gasteiger partial charge in [-0.05, 0) is 12.5 Å². The van der Waals surface area contributed by atoms with Crippen molar-refractivity contribution in [1.82, 2.24) is 0 Å². The molecule has 0 unspecified atom stereocenters. The maximum Gasteiger partial charge on any atom is 0.234 e. The van der Waals surface area contributed by atoms with E-state index in [2.05, 4.69) is 11.9 Å². The molecule has 0 spiro atoms.